The fourth-order valence-corrected chi connectivity index (χ4v) is 1.66. The lowest BCUT2D eigenvalue weighted by Crippen LogP contribution is -2.30. The number of nitrogen functional groups attached to an aromatic ring is 1. The highest BCUT2D eigenvalue weighted by molar-refractivity contribution is 9.10. The van der Waals surface area contributed by atoms with Crippen LogP contribution in [0.1, 0.15) is 16.8 Å². The molecule has 0 aromatic heterocycles. The molecule has 1 aromatic rings. The Kier molecular flexibility index (Phi) is 4.61. The van der Waals surface area contributed by atoms with Gasteiger partial charge in [0, 0.05) is 29.3 Å². The SMILES string of the molecule is CN(CCC(F)(F)F)C(=O)c1ccc(N)c(Br)c1. The molecule has 0 aliphatic carbocycles. The zero-order valence-electron chi connectivity index (χ0n) is 9.59. The van der Waals surface area contributed by atoms with Crippen LogP contribution < -0.4 is 5.73 Å². The van der Waals surface area contributed by atoms with E-state index in [9.17, 15) is 18.0 Å². The third-order valence-corrected chi connectivity index (χ3v) is 3.01. The highest BCUT2D eigenvalue weighted by Crippen LogP contribution is 2.22. The first-order chi connectivity index (χ1) is 8.20. The van der Waals surface area contributed by atoms with Crippen LogP contribution in [-0.4, -0.2) is 30.6 Å². The van der Waals surface area contributed by atoms with Crippen molar-refractivity contribution in [2.75, 3.05) is 19.3 Å². The second-order valence-electron chi connectivity index (χ2n) is 3.83. The summed E-state index contributed by atoms with van der Waals surface area (Å²) in [5.41, 5.74) is 6.32. The molecule has 1 amide bonds. The molecule has 0 radical (unpaired) electrons. The van der Waals surface area contributed by atoms with Crippen molar-refractivity contribution in [2.24, 2.45) is 0 Å². The van der Waals surface area contributed by atoms with Gasteiger partial charge in [0.15, 0.2) is 0 Å². The number of halogens is 4. The zero-order valence-corrected chi connectivity index (χ0v) is 11.2. The zero-order chi connectivity index (χ0) is 13.9. The topological polar surface area (TPSA) is 46.3 Å². The Hall–Kier alpha value is -1.24. The molecule has 7 heteroatoms. The summed E-state index contributed by atoms with van der Waals surface area (Å²) in [6.45, 7) is -0.371. The van der Waals surface area contributed by atoms with Gasteiger partial charge < -0.3 is 10.6 Å². The molecule has 1 rings (SSSR count). The number of hydrogen-bond donors (Lipinski definition) is 1. The van der Waals surface area contributed by atoms with Gasteiger partial charge in [0.05, 0.1) is 6.42 Å². The second kappa shape index (κ2) is 5.60. The maximum Gasteiger partial charge on any atom is 0.390 e. The number of benzene rings is 1. The number of amides is 1. The lowest BCUT2D eigenvalue weighted by molar-refractivity contribution is -0.136. The fraction of sp³-hybridized carbons (Fsp3) is 0.364. The summed E-state index contributed by atoms with van der Waals surface area (Å²) >= 11 is 3.16. The average Bonchev–Trinajstić information content (AvgIpc) is 2.27. The van der Waals surface area contributed by atoms with Gasteiger partial charge in [-0.2, -0.15) is 13.2 Å². The minimum Gasteiger partial charge on any atom is -0.398 e. The van der Waals surface area contributed by atoms with Crippen molar-refractivity contribution in [3.8, 4) is 0 Å². The van der Waals surface area contributed by atoms with Crippen molar-refractivity contribution in [1.29, 1.82) is 0 Å². The van der Waals surface area contributed by atoms with Crippen LogP contribution in [-0.2, 0) is 0 Å². The maximum absolute atomic E-state index is 12.0. The number of carbonyl (C=O) groups excluding carboxylic acids is 1. The van der Waals surface area contributed by atoms with Crippen molar-refractivity contribution in [2.45, 2.75) is 12.6 Å². The van der Waals surface area contributed by atoms with Gasteiger partial charge in [-0.15, -0.1) is 0 Å². The Morgan fingerprint density at radius 3 is 2.56 bits per heavy atom. The first-order valence-electron chi connectivity index (χ1n) is 5.08. The Morgan fingerprint density at radius 2 is 2.06 bits per heavy atom. The smallest absolute Gasteiger partial charge is 0.390 e. The summed E-state index contributed by atoms with van der Waals surface area (Å²) < 4.78 is 36.7. The van der Waals surface area contributed by atoms with Crippen LogP contribution in [0.5, 0.6) is 0 Å². The molecule has 0 saturated carbocycles. The number of anilines is 1. The van der Waals surface area contributed by atoms with Crippen molar-refractivity contribution in [3.63, 3.8) is 0 Å². The van der Waals surface area contributed by atoms with Crippen LogP contribution in [0, 0.1) is 0 Å². The number of hydrogen-bond acceptors (Lipinski definition) is 2. The van der Waals surface area contributed by atoms with Gasteiger partial charge in [-0.1, -0.05) is 0 Å². The summed E-state index contributed by atoms with van der Waals surface area (Å²) in [6.07, 6.45) is -5.29. The second-order valence-corrected chi connectivity index (χ2v) is 4.68. The molecule has 0 aliphatic rings. The fourth-order valence-electron chi connectivity index (χ4n) is 1.28. The third kappa shape index (κ3) is 4.21. The molecule has 0 fully saturated rings. The lowest BCUT2D eigenvalue weighted by atomic mass is 10.2. The predicted molar refractivity (Wildman–Crippen MR) is 66.2 cm³/mol. The molecule has 0 aliphatic heterocycles. The molecule has 1 aromatic carbocycles. The van der Waals surface area contributed by atoms with Crippen molar-refractivity contribution in [3.05, 3.63) is 28.2 Å². The van der Waals surface area contributed by atoms with Crippen LogP contribution in [0.4, 0.5) is 18.9 Å². The minimum absolute atomic E-state index is 0.292. The van der Waals surface area contributed by atoms with E-state index in [1.54, 1.807) is 0 Å². The summed E-state index contributed by atoms with van der Waals surface area (Å²) in [7, 11) is 1.33. The van der Waals surface area contributed by atoms with Gasteiger partial charge in [0.1, 0.15) is 0 Å². The number of nitrogens with two attached hydrogens (primary N) is 1. The van der Waals surface area contributed by atoms with Crippen LogP contribution in [0.2, 0.25) is 0 Å². The molecule has 2 N–H and O–H groups in total. The van der Waals surface area contributed by atoms with E-state index in [-0.39, 0.29) is 6.54 Å². The van der Waals surface area contributed by atoms with E-state index in [1.807, 2.05) is 0 Å². The molecule has 0 saturated heterocycles. The van der Waals surface area contributed by atoms with E-state index < -0.39 is 18.5 Å². The Morgan fingerprint density at radius 1 is 1.44 bits per heavy atom. The number of carbonyl (C=O) groups is 1. The highest BCUT2D eigenvalue weighted by Gasteiger charge is 2.28. The van der Waals surface area contributed by atoms with E-state index in [1.165, 1.54) is 25.2 Å². The highest BCUT2D eigenvalue weighted by atomic mass is 79.9. The van der Waals surface area contributed by atoms with Gasteiger partial charge in [-0.05, 0) is 34.1 Å². The molecule has 0 atom stereocenters. The van der Waals surface area contributed by atoms with Crippen LogP contribution >= 0.6 is 15.9 Å². The number of rotatable bonds is 3. The summed E-state index contributed by atoms with van der Waals surface area (Å²) in [5, 5.41) is 0. The Bertz CT molecular complexity index is 448. The van der Waals surface area contributed by atoms with Crippen LogP contribution in [0.15, 0.2) is 22.7 Å². The standard InChI is InChI=1S/C11H12BrF3N2O/c1-17(5-4-11(13,14)15)10(18)7-2-3-9(16)8(12)6-7/h2-3,6H,4-5,16H2,1H3. The van der Waals surface area contributed by atoms with E-state index in [4.69, 9.17) is 5.73 Å². The summed E-state index contributed by atoms with van der Waals surface area (Å²) in [4.78, 5) is 12.9. The lowest BCUT2D eigenvalue weighted by Gasteiger charge is -2.18. The molecule has 18 heavy (non-hydrogen) atoms. The van der Waals surface area contributed by atoms with Crippen molar-refractivity contribution >= 4 is 27.5 Å². The summed E-state index contributed by atoms with van der Waals surface area (Å²) in [6, 6.07) is 4.49. The molecular weight excluding hydrogens is 313 g/mol. The quantitative estimate of drug-likeness (QED) is 0.868. The normalized spacial score (nSPS) is 11.4. The first-order valence-corrected chi connectivity index (χ1v) is 5.87. The van der Waals surface area contributed by atoms with Gasteiger partial charge in [-0.3, -0.25) is 4.79 Å². The molecule has 0 spiro atoms. The molecular formula is C11H12BrF3N2O. The predicted octanol–water partition coefficient (Wildman–Crippen LogP) is 3.06. The van der Waals surface area contributed by atoms with Gasteiger partial charge >= 0.3 is 6.18 Å². The molecule has 3 nitrogen and oxygen atoms in total. The Labute approximate surface area is 111 Å². The molecule has 0 unspecified atom stereocenters. The van der Waals surface area contributed by atoms with Crippen molar-refractivity contribution in [1.82, 2.24) is 4.90 Å². The largest absolute Gasteiger partial charge is 0.398 e. The molecule has 0 heterocycles. The van der Waals surface area contributed by atoms with Gasteiger partial charge in [-0.25, -0.2) is 0 Å². The van der Waals surface area contributed by atoms with E-state index in [0.717, 1.165) is 4.90 Å². The van der Waals surface area contributed by atoms with Crippen LogP contribution in [0.3, 0.4) is 0 Å². The third-order valence-electron chi connectivity index (χ3n) is 2.32. The molecule has 0 bridgehead atoms. The van der Waals surface area contributed by atoms with E-state index in [2.05, 4.69) is 15.9 Å². The number of nitrogens with zero attached hydrogens (tertiary/aromatic N) is 1. The van der Waals surface area contributed by atoms with E-state index >= 15 is 0 Å². The van der Waals surface area contributed by atoms with Gasteiger partial charge in [0.25, 0.3) is 5.91 Å². The monoisotopic (exact) mass is 324 g/mol. The van der Waals surface area contributed by atoms with E-state index in [0.29, 0.717) is 15.7 Å². The summed E-state index contributed by atoms with van der Waals surface area (Å²) in [5.74, 6) is -0.472. The molecule has 100 valence electrons. The Balaban J connectivity index is 2.71. The van der Waals surface area contributed by atoms with Gasteiger partial charge in [0.2, 0.25) is 0 Å². The maximum atomic E-state index is 12.0. The average molecular weight is 325 g/mol. The van der Waals surface area contributed by atoms with Crippen molar-refractivity contribution < 1.29 is 18.0 Å². The number of alkyl halides is 3. The van der Waals surface area contributed by atoms with Crippen LogP contribution in [0.25, 0.3) is 0 Å². The minimum atomic E-state index is -4.27. The first kappa shape index (κ1) is 14.8.